The molecule has 1 heterocycles. The molecule has 108 valence electrons. The molecular formula is C16H16N2O2S. The molecule has 5 heteroatoms. The Kier molecular flexibility index (Phi) is 3.92. The summed E-state index contributed by atoms with van der Waals surface area (Å²) in [6.07, 6.45) is 5.74. The number of aliphatic carboxylic acids is 1. The molecule has 0 fully saturated rings. The maximum absolute atomic E-state index is 11.1. The molecule has 2 aromatic rings. The molecule has 0 saturated heterocycles. The topological polar surface area (TPSA) is 63.1 Å². The summed E-state index contributed by atoms with van der Waals surface area (Å²) in [4.78, 5) is 21.3. The molecule has 1 aliphatic carbocycles. The molecule has 3 rings (SSSR count). The van der Waals surface area contributed by atoms with Gasteiger partial charge in [0, 0.05) is 22.3 Å². The van der Waals surface area contributed by atoms with Crippen LogP contribution in [-0.4, -0.2) is 27.3 Å². The zero-order valence-corrected chi connectivity index (χ0v) is 12.6. The van der Waals surface area contributed by atoms with E-state index in [-0.39, 0.29) is 5.92 Å². The number of carboxylic acid groups (broad SMARTS) is 1. The van der Waals surface area contributed by atoms with Gasteiger partial charge in [0.25, 0.3) is 0 Å². The number of hydrogen-bond acceptors (Lipinski definition) is 4. The summed E-state index contributed by atoms with van der Waals surface area (Å²) >= 11 is 1.70. The van der Waals surface area contributed by atoms with Crippen LogP contribution >= 0.6 is 11.8 Å². The Morgan fingerprint density at radius 1 is 1.33 bits per heavy atom. The van der Waals surface area contributed by atoms with Crippen LogP contribution in [0.4, 0.5) is 0 Å². The first-order valence-corrected chi connectivity index (χ1v) is 8.12. The van der Waals surface area contributed by atoms with E-state index in [1.54, 1.807) is 18.0 Å². The summed E-state index contributed by atoms with van der Waals surface area (Å²) in [6.45, 7) is 0. The van der Waals surface area contributed by atoms with Crippen LogP contribution in [0.5, 0.6) is 0 Å². The number of aromatic nitrogens is 2. The fourth-order valence-electron chi connectivity index (χ4n) is 2.60. The number of fused-ring (bicyclic) bond motifs is 1. The van der Waals surface area contributed by atoms with Crippen LogP contribution in [0, 0.1) is 5.92 Å². The average Bonchev–Trinajstić information content (AvgIpc) is 2.54. The highest BCUT2D eigenvalue weighted by atomic mass is 32.2. The highest BCUT2D eigenvalue weighted by molar-refractivity contribution is 7.98. The van der Waals surface area contributed by atoms with Crippen molar-refractivity contribution in [2.75, 3.05) is 6.26 Å². The summed E-state index contributed by atoms with van der Waals surface area (Å²) in [5, 5.41) is 9.10. The zero-order valence-electron chi connectivity index (χ0n) is 11.7. The van der Waals surface area contributed by atoms with Crippen LogP contribution in [0.2, 0.25) is 0 Å². The minimum atomic E-state index is -0.725. The Labute approximate surface area is 127 Å². The predicted octanol–water partition coefficient (Wildman–Crippen LogP) is 3.06. The van der Waals surface area contributed by atoms with Crippen LogP contribution in [0.25, 0.3) is 11.4 Å². The first-order valence-electron chi connectivity index (χ1n) is 6.89. The quantitative estimate of drug-likeness (QED) is 0.883. The highest BCUT2D eigenvalue weighted by Gasteiger charge is 2.25. The highest BCUT2D eigenvalue weighted by Crippen LogP contribution is 2.26. The fraction of sp³-hybridized carbons (Fsp3) is 0.312. The Hall–Kier alpha value is -1.88. The van der Waals surface area contributed by atoms with Crippen molar-refractivity contribution in [1.82, 2.24) is 9.97 Å². The average molecular weight is 300 g/mol. The van der Waals surface area contributed by atoms with Crippen LogP contribution in [-0.2, 0) is 17.6 Å². The van der Waals surface area contributed by atoms with Gasteiger partial charge >= 0.3 is 5.97 Å². The smallest absolute Gasteiger partial charge is 0.306 e. The van der Waals surface area contributed by atoms with Gasteiger partial charge < -0.3 is 5.11 Å². The molecule has 4 nitrogen and oxygen atoms in total. The van der Waals surface area contributed by atoms with E-state index in [1.807, 2.05) is 18.4 Å². The van der Waals surface area contributed by atoms with Gasteiger partial charge in [-0.1, -0.05) is 12.1 Å². The second-order valence-corrected chi connectivity index (χ2v) is 6.05. The van der Waals surface area contributed by atoms with Crippen LogP contribution in [0.15, 0.2) is 35.4 Å². The molecule has 0 radical (unpaired) electrons. The van der Waals surface area contributed by atoms with Crippen molar-refractivity contribution in [3.63, 3.8) is 0 Å². The molecule has 1 aliphatic rings. The van der Waals surface area contributed by atoms with E-state index in [1.165, 1.54) is 4.90 Å². The van der Waals surface area contributed by atoms with Gasteiger partial charge in [-0.25, -0.2) is 9.97 Å². The summed E-state index contributed by atoms with van der Waals surface area (Å²) < 4.78 is 0. The maximum atomic E-state index is 11.1. The lowest BCUT2D eigenvalue weighted by Gasteiger charge is -2.20. The Morgan fingerprint density at radius 2 is 2.10 bits per heavy atom. The second kappa shape index (κ2) is 5.85. The van der Waals surface area contributed by atoms with Crippen molar-refractivity contribution in [1.29, 1.82) is 0 Å². The fourth-order valence-corrected chi connectivity index (χ4v) is 3.01. The summed E-state index contributed by atoms with van der Waals surface area (Å²) in [6, 6.07) is 8.17. The number of rotatable bonds is 3. The third-order valence-corrected chi connectivity index (χ3v) is 4.59. The lowest BCUT2D eigenvalue weighted by Crippen LogP contribution is -2.23. The second-order valence-electron chi connectivity index (χ2n) is 5.17. The van der Waals surface area contributed by atoms with Crippen LogP contribution < -0.4 is 0 Å². The number of nitrogens with zero attached hydrogens (tertiary/aromatic N) is 2. The van der Waals surface area contributed by atoms with Crippen molar-refractivity contribution >= 4 is 17.7 Å². The number of benzene rings is 1. The van der Waals surface area contributed by atoms with Crippen molar-refractivity contribution in [2.24, 2.45) is 5.92 Å². The Bertz CT molecular complexity index is 670. The third-order valence-electron chi connectivity index (χ3n) is 3.85. The lowest BCUT2D eigenvalue weighted by atomic mass is 9.87. The summed E-state index contributed by atoms with van der Waals surface area (Å²) in [5.74, 6) is -0.305. The summed E-state index contributed by atoms with van der Waals surface area (Å²) in [5.41, 5.74) is 2.96. The van der Waals surface area contributed by atoms with E-state index in [4.69, 9.17) is 5.11 Å². The van der Waals surface area contributed by atoms with Crippen molar-refractivity contribution in [3.8, 4) is 11.4 Å². The molecule has 21 heavy (non-hydrogen) atoms. The van der Waals surface area contributed by atoms with Gasteiger partial charge in [0.05, 0.1) is 5.92 Å². The van der Waals surface area contributed by atoms with Crippen LogP contribution in [0.3, 0.4) is 0 Å². The monoisotopic (exact) mass is 300 g/mol. The predicted molar refractivity (Wildman–Crippen MR) is 82.4 cm³/mol. The number of carboxylic acids is 1. The molecule has 1 atom stereocenters. The van der Waals surface area contributed by atoms with Crippen molar-refractivity contribution in [3.05, 3.63) is 41.7 Å². The molecule has 1 aromatic heterocycles. The largest absolute Gasteiger partial charge is 0.481 e. The molecule has 1 unspecified atom stereocenters. The van der Waals surface area contributed by atoms with Crippen molar-refractivity contribution in [2.45, 2.75) is 24.2 Å². The molecule has 0 amide bonds. The van der Waals surface area contributed by atoms with E-state index in [2.05, 4.69) is 22.1 Å². The van der Waals surface area contributed by atoms with Gasteiger partial charge in [0.15, 0.2) is 5.82 Å². The number of aryl methyl sites for hydroxylation is 1. The first-order chi connectivity index (χ1) is 10.2. The first kappa shape index (κ1) is 14.1. The van der Waals surface area contributed by atoms with Gasteiger partial charge in [-0.3, -0.25) is 4.79 Å². The van der Waals surface area contributed by atoms with Crippen molar-refractivity contribution < 1.29 is 9.90 Å². The molecule has 1 N–H and O–H groups in total. The minimum Gasteiger partial charge on any atom is -0.481 e. The van der Waals surface area contributed by atoms with Gasteiger partial charge in [0.2, 0.25) is 0 Å². The molecule has 1 aromatic carbocycles. The molecule has 0 aliphatic heterocycles. The van der Waals surface area contributed by atoms with E-state index in [9.17, 15) is 4.79 Å². The van der Waals surface area contributed by atoms with Gasteiger partial charge in [0.1, 0.15) is 0 Å². The normalized spacial score (nSPS) is 17.3. The minimum absolute atomic E-state index is 0.298. The molecule has 0 spiro atoms. The third kappa shape index (κ3) is 2.93. The summed E-state index contributed by atoms with van der Waals surface area (Å²) in [7, 11) is 0. The molecular weight excluding hydrogens is 284 g/mol. The zero-order chi connectivity index (χ0) is 14.8. The SMILES string of the molecule is CSc1ccc(-c2ncc3c(n2)CCC(C(=O)O)C3)cc1. The lowest BCUT2D eigenvalue weighted by molar-refractivity contribution is -0.142. The van der Waals surface area contributed by atoms with E-state index in [0.29, 0.717) is 19.3 Å². The van der Waals surface area contributed by atoms with E-state index < -0.39 is 5.97 Å². The number of thioether (sulfide) groups is 1. The van der Waals surface area contributed by atoms with Gasteiger partial charge in [-0.15, -0.1) is 11.8 Å². The van der Waals surface area contributed by atoms with Crippen LogP contribution in [0.1, 0.15) is 17.7 Å². The van der Waals surface area contributed by atoms with E-state index >= 15 is 0 Å². The standard InChI is InChI=1S/C16H16N2O2S/c1-21-13-5-2-10(3-6-13)15-17-9-12-8-11(16(19)20)4-7-14(12)18-15/h2-3,5-6,9,11H,4,7-8H2,1H3,(H,19,20). The maximum Gasteiger partial charge on any atom is 0.306 e. The van der Waals surface area contributed by atoms with Gasteiger partial charge in [-0.05, 0) is 43.2 Å². The van der Waals surface area contributed by atoms with E-state index in [0.717, 1.165) is 22.6 Å². The molecule has 0 saturated carbocycles. The molecule has 0 bridgehead atoms. The Morgan fingerprint density at radius 3 is 2.76 bits per heavy atom. The number of hydrogen-bond donors (Lipinski definition) is 1. The van der Waals surface area contributed by atoms with Gasteiger partial charge in [-0.2, -0.15) is 0 Å². The number of carbonyl (C=O) groups is 1. The Balaban J connectivity index is 1.88.